The van der Waals surface area contributed by atoms with E-state index < -0.39 is 5.40 Å². The van der Waals surface area contributed by atoms with Crippen molar-refractivity contribution in [3.63, 3.8) is 0 Å². The predicted molar refractivity (Wildman–Crippen MR) is 235 cm³/mol. The molecule has 0 aliphatic rings. The molecule has 3 nitrogen and oxygen atoms in total. The third kappa shape index (κ3) is 4.28. The fraction of sp³-hybridized carbons (Fsp3) is 0.0278. The first kappa shape index (κ1) is 30.9. The first-order valence-electron chi connectivity index (χ1n) is 17.0. The van der Waals surface area contributed by atoms with Gasteiger partial charge in [0.05, 0.1) is 22.1 Å². The standard InChI is InChI=1S/C36H33B9N2O/c37-21-14-20-24(19-13-15-7-1-2-8-16(15)17-9-3-4-10-18(17)19)26-27(31(41)33(43)32(42)30(26)40)34(25(20)29(39)28(21)38)47-23-12-6-5-11-22(23)46-35(47)36(44,45)48/h1-14,48H,37-45H2. The molecule has 0 fully saturated rings. The van der Waals surface area contributed by atoms with Crippen molar-refractivity contribution in [2.24, 2.45) is 0 Å². The van der Waals surface area contributed by atoms with E-state index in [1.165, 1.54) is 92.5 Å². The first-order valence-corrected chi connectivity index (χ1v) is 17.0. The van der Waals surface area contributed by atoms with Crippen molar-refractivity contribution in [3.8, 4) is 16.8 Å². The summed E-state index contributed by atoms with van der Waals surface area (Å²) < 4.78 is 2.27. The van der Waals surface area contributed by atoms with Crippen LogP contribution in [0.25, 0.3) is 70.9 Å². The third-order valence-corrected chi connectivity index (χ3v) is 11.2. The molecule has 0 bridgehead atoms. The van der Waals surface area contributed by atoms with E-state index in [-0.39, 0.29) is 0 Å². The molecule has 0 aliphatic carbocycles. The highest BCUT2D eigenvalue weighted by atomic mass is 16.3. The van der Waals surface area contributed by atoms with Crippen molar-refractivity contribution in [2.45, 2.75) is 5.40 Å². The topological polar surface area (TPSA) is 38.0 Å². The number of hydrogen-bond donors (Lipinski definition) is 1. The van der Waals surface area contributed by atoms with Gasteiger partial charge in [-0.3, -0.25) is 4.57 Å². The fourth-order valence-corrected chi connectivity index (χ4v) is 8.19. The maximum atomic E-state index is 11.7. The van der Waals surface area contributed by atoms with Crippen molar-refractivity contribution in [2.75, 3.05) is 0 Å². The van der Waals surface area contributed by atoms with Crippen LogP contribution in [0.3, 0.4) is 0 Å². The Bertz CT molecular complexity index is 2700. The minimum absolute atomic E-state index is 0.642. The molecule has 48 heavy (non-hydrogen) atoms. The van der Waals surface area contributed by atoms with Gasteiger partial charge in [-0.1, -0.05) is 88.6 Å². The van der Waals surface area contributed by atoms with E-state index in [1.54, 1.807) is 0 Å². The Kier molecular flexibility index (Phi) is 6.95. The highest BCUT2D eigenvalue weighted by Crippen LogP contribution is 2.44. The lowest BCUT2D eigenvalue weighted by molar-refractivity contribution is 0.205. The second-order valence-electron chi connectivity index (χ2n) is 14.3. The van der Waals surface area contributed by atoms with Crippen molar-refractivity contribution in [3.05, 3.63) is 90.8 Å². The van der Waals surface area contributed by atoms with Gasteiger partial charge >= 0.3 is 0 Å². The second kappa shape index (κ2) is 10.8. The van der Waals surface area contributed by atoms with E-state index in [4.69, 9.17) is 4.98 Å². The summed E-state index contributed by atoms with van der Waals surface area (Å²) >= 11 is 0. The average Bonchev–Trinajstić information content (AvgIpc) is 3.48. The van der Waals surface area contributed by atoms with Crippen LogP contribution in [0.15, 0.2) is 84.9 Å². The molecular formula is C36H33B9N2O. The van der Waals surface area contributed by atoms with E-state index in [9.17, 15) is 5.11 Å². The molecule has 1 N–H and O–H groups in total. The van der Waals surface area contributed by atoms with Crippen LogP contribution < -0.4 is 38.2 Å². The number of aliphatic hydroxyl groups is 1. The number of para-hydroxylation sites is 2. The van der Waals surface area contributed by atoms with Crippen molar-refractivity contribution in [1.82, 2.24) is 9.55 Å². The lowest BCUT2D eigenvalue weighted by atomic mass is 9.62. The summed E-state index contributed by atoms with van der Waals surface area (Å²) in [5.74, 6) is 0.642. The smallest absolute Gasteiger partial charge is 0.141 e. The largest absolute Gasteiger partial charge is 0.400 e. The van der Waals surface area contributed by atoms with Gasteiger partial charge in [0.25, 0.3) is 0 Å². The molecule has 1 heterocycles. The molecule has 1 aromatic heterocycles. The van der Waals surface area contributed by atoms with Crippen LogP contribution in [-0.2, 0) is 5.40 Å². The summed E-state index contributed by atoms with van der Waals surface area (Å²) in [5, 5.41) is 20.5. The molecule has 7 aromatic carbocycles. The van der Waals surface area contributed by atoms with Crippen LogP contribution in [0.2, 0.25) is 0 Å². The number of benzene rings is 7. The van der Waals surface area contributed by atoms with E-state index in [0.29, 0.717) is 5.82 Å². The highest BCUT2D eigenvalue weighted by Gasteiger charge is 2.30. The molecule has 12 heteroatoms. The molecule has 0 saturated carbocycles. The molecule has 0 amide bonds. The van der Waals surface area contributed by atoms with Crippen LogP contribution in [0.4, 0.5) is 0 Å². The van der Waals surface area contributed by atoms with Gasteiger partial charge in [0.2, 0.25) is 0 Å². The maximum Gasteiger partial charge on any atom is 0.141 e. The van der Waals surface area contributed by atoms with E-state index in [2.05, 4.69) is 138 Å². The molecule has 0 saturated heterocycles. The Morgan fingerprint density at radius 1 is 0.562 bits per heavy atom. The zero-order valence-electron chi connectivity index (χ0n) is 29.4. The van der Waals surface area contributed by atoms with Gasteiger partial charge in [-0.2, -0.15) is 0 Å². The number of fused-ring (bicyclic) bond motifs is 6. The normalized spacial score (nSPS) is 12.2. The number of rotatable bonds is 3. The minimum Gasteiger partial charge on any atom is -0.400 e. The van der Waals surface area contributed by atoms with Gasteiger partial charge in [0.15, 0.2) is 0 Å². The predicted octanol–water partition coefficient (Wildman–Crippen LogP) is -5.52. The van der Waals surface area contributed by atoms with Gasteiger partial charge < -0.3 is 5.11 Å². The fourth-order valence-electron chi connectivity index (χ4n) is 8.19. The molecule has 0 radical (unpaired) electrons. The summed E-state index contributed by atoms with van der Waals surface area (Å²) in [4.78, 5) is 5.10. The highest BCUT2D eigenvalue weighted by molar-refractivity contribution is 6.68. The van der Waals surface area contributed by atoms with Crippen LogP contribution in [0.1, 0.15) is 5.82 Å². The SMILES string of the molecule is Bc1cc2c(-c3cc4ccccc4c4ccccc34)c3c(B)c(B)c(B)c(B)c3c(-n3c(C(B)(B)O)nc4ccccc43)c2c(B)c1B. The van der Waals surface area contributed by atoms with Gasteiger partial charge in [0.1, 0.15) is 76.4 Å². The van der Waals surface area contributed by atoms with E-state index >= 15 is 0 Å². The molecule has 220 valence electrons. The van der Waals surface area contributed by atoms with Crippen LogP contribution in [-0.4, -0.2) is 85.3 Å². The number of hydrogen-bond acceptors (Lipinski definition) is 2. The second-order valence-corrected chi connectivity index (χ2v) is 14.3. The number of imidazole rings is 1. The Hall–Kier alpha value is -4.41. The third-order valence-electron chi connectivity index (χ3n) is 11.2. The summed E-state index contributed by atoms with van der Waals surface area (Å²) in [7, 11) is 19.5. The van der Waals surface area contributed by atoms with Gasteiger partial charge in [0, 0.05) is 5.39 Å². The molecule has 0 atom stereocenters. The molecular weight excluding hydrogens is 574 g/mol. The average molecular weight is 607 g/mol. The van der Waals surface area contributed by atoms with Crippen molar-refractivity contribution < 1.29 is 5.11 Å². The molecule has 0 unspecified atom stereocenters. The summed E-state index contributed by atoms with van der Waals surface area (Å²) in [6.45, 7) is 0. The minimum atomic E-state index is -1.18. The Labute approximate surface area is 289 Å². The number of nitrogens with zero attached hydrogens (tertiary/aromatic N) is 2. The summed E-state index contributed by atoms with van der Waals surface area (Å²) in [6.07, 6.45) is 0. The van der Waals surface area contributed by atoms with E-state index in [1.807, 2.05) is 21.8 Å². The summed E-state index contributed by atoms with van der Waals surface area (Å²) in [6, 6.07) is 30.7. The zero-order chi connectivity index (χ0) is 33.8. The Balaban J connectivity index is 1.75. The maximum absolute atomic E-state index is 11.7. The van der Waals surface area contributed by atoms with E-state index in [0.717, 1.165) is 16.7 Å². The van der Waals surface area contributed by atoms with Crippen molar-refractivity contribution >= 4 is 163 Å². The zero-order valence-corrected chi connectivity index (χ0v) is 29.4. The van der Waals surface area contributed by atoms with Crippen LogP contribution in [0, 0.1) is 0 Å². The molecule has 0 aliphatic heterocycles. The number of aromatic nitrogens is 2. The molecule has 0 spiro atoms. The van der Waals surface area contributed by atoms with Gasteiger partial charge in [-0.25, -0.2) is 4.98 Å². The molecule has 8 rings (SSSR count). The monoisotopic (exact) mass is 608 g/mol. The Morgan fingerprint density at radius 3 is 1.85 bits per heavy atom. The summed E-state index contributed by atoms with van der Waals surface area (Å²) in [5.41, 5.74) is 14.5. The van der Waals surface area contributed by atoms with Gasteiger partial charge in [-0.15, -0.1) is 16.4 Å². The first-order chi connectivity index (χ1) is 22.9. The molecule has 8 aromatic rings. The quantitative estimate of drug-likeness (QED) is 0.124. The van der Waals surface area contributed by atoms with Crippen molar-refractivity contribution in [1.29, 1.82) is 0 Å². The Morgan fingerprint density at radius 2 is 1.15 bits per heavy atom. The van der Waals surface area contributed by atoms with Crippen LogP contribution in [0.5, 0.6) is 0 Å². The van der Waals surface area contributed by atoms with Gasteiger partial charge in [-0.05, 0) is 67.0 Å². The van der Waals surface area contributed by atoms with Crippen LogP contribution >= 0.6 is 0 Å². The lowest BCUT2D eigenvalue weighted by Gasteiger charge is -2.29. The lowest BCUT2D eigenvalue weighted by Crippen LogP contribution is -2.48.